The maximum atomic E-state index is 5.91. The van der Waals surface area contributed by atoms with Gasteiger partial charge in [0.05, 0.1) is 0 Å². The van der Waals surface area contributed by atoms with Gasteiger partial charge in [0.25, 0.3) is 0 Å². The van der Waals surface area contributed by atoms with Crippen molar-refractivity contribution in [2.24, 2.45) is 0 Å². The molecule has 1 aliphatic heterocycles. The average molecular weight is 227 g/mol. The van der Waals surface area contributed by atoms with Crippen LogP contribution < -0.4 is 0 Å². The molecule has 0 N–H and O–H groups in total. The summed E-state index contributed by atoms with van der Waals surface area (Å²) in [4.78, 5) is 2.22. The Labute approximate surface area is 99.4 Å². The molecule has 0 fully saturated rings. The minimum Gasteiger partial charge on any atom is -0.357 e. The van der Waals surface area contributed by atoms with Gasteiger partial charge in [-0.2, -0.15) is 0 Å². The molecule has 16 heavy (non-hydrogen) atoms. The molecule has 0 saturated heterocycles. The summed E-state index contributed by atoms with van der Waals surface area (Å²) in [5.74, 6) is 0. The summed E-state index contributed by atoms with van der Waals surface area (Å²) in [5, 5.41) is 0. The summed E-state index contributed by atoms with van der Waals surface area (Å²) in [6, 6.07) is 0. The van der Waals surface area contributed by atoms with Crippen molar-refractivity contribution in [1.29, 1.82) is 0 Å². The second-order valence-corrected chi connectivity index (χ2v) is 4.16. The fourth-order valence-corrected chi connectivity index (χ4v) is 2.51. The van der Waals surface area contributed by atoms with Crippen molar-refractivity contribution in [2.45, 2.75) is 52.0 Å². The van der Waals surface area contributed by atoms with Crippen LogP contribution in [0.1, 0.15) is 40.5 Å². The van der Waals surface area contributed by atoms with Crippen LogP contribution in [0.5, 0.6) is 0 Å². The van der Waals surface area contributed by atoms with E-state index in [2.05, 4.69) is 37.9 Å². The molecule has 1 rings (SSSR count). The highest BCUT2D eigenvalue weighted by Crippen LogP contribution is 2.39. The Morgan fingerprint density at radius 3 is 1.50 bits per heavy atom. The minimum absolute atomic E-state index is 0.292. The predicted octanol–water partition coefficient (Wildman–Crippen LogP) is 2.77. The zero-order valence-electron chi connectivity index (χ0n) is 11.2. The van der Waals surface area contributed by atoms with Crippen LogP contribution in [0.15, 0.2) is 12.2 Å². The normalized spacial score (nSPS) is 34.8. The molecule has 0 bridgehead atoms. The van der Waals surface area contributed by atoms with E-state index >= 15 is 0 Å². The van der Waals surface area contributed by atoms with Gasteiger partial charge in [0, 0.05) is 13.2 Å². The molecular weight excluding hydrogens is 202 g/mol. The van der Waals surface area contributed by atoms with Gasteiger partial charge in [0.15, 0.2) is 0 Å². The van der Waals surface area contributed by atoms with Gasteiger partial charge >= 0.3 is 0 Å². The monoisotopic (exact) mass is 227 g/mol. The van der Waals surface area contributed by atoms with Crippen molar-refractivity contribution in [3.63, 3.8) is 0 Å². The lowest BCUT2D eigenvalue weighted by Gasteiger charge is -2.43. The molecule has 0 spiro atoms. The molecule has 1 aliphatic rings. The number of hydrogen-bond donors (Lipinski definition) is 0. The van der Waals surface area contributed by atoms with Gasteiger partial charge in [0.1, 0.15) is 11.4 Å². The molecule has 1 heterocycles. The first-order valence-electron chi connectivity index (χ1n) is 6.33. The molecule has 0 saturated carbocycles. The van der Waals surface area contributed by atoms with Crippen molar-refractivity contribution in [3.8, 4) is 0 Å². The average Bonchev–Trinajstić information content (AvgIpc) is 2.57. The van der Waals surface area contributed by atoms with E-state index in [1.165, 1.54) is 0 Å². The largest absolute Gasteiger partial charge is 0.357 e. The Bertz CT molecular complexity index is 230. The quantitative estimate of drug-likeness (QED) is 0.651. The van der Waals surface area contributed by atoms with Crippen molar-refractivity contribution < 1.29 is 9.47 Å². The van der Waals surface area contributed by atoms with Crippen LogP contribution in [0.4, 0.5) is 0 Å². The first kappa shape index (κ1) is 13.7. The molecule has 0 aromatic rings. The van der Waals surface area contributed by atoms with Crippen molar-refractivity contribution in [1.82, 2.24) is 4.90 Å². The SMILES string of the molecule is CCOC1(CC)C=CC(CC)(OCC)N1C. The third-order valence-corrected chi connectivity index (χ3v) is 3.54. The molecule has 3 heteroatoms. The summed E-state index contributed by atoms with van der Waals surface area (Å²) in [6.07, 6.45) is 6.16. The molecular formula is C13H25NO2. The molecule has 0 aromatic heterocycles. The lowest BCUT2D eigenvalue weighted by molar-refractivity contribution is -0.203. The van der Waals surface area contributed by atoms with Crippen LogP contribution in [-0.4, -0.2) is 36.6 Å². The van der Waals surface area contributed by atoms with E-state index in [4.69, 9.17) is 9.47 Å². The smallest absolute Gasteiger partial charge is 0.142 e. The number of hydrogen-bond acceptors (Lipinski definition) is 3. The van der Waals surface area contributed by atoms with Crippen molar-refractivity contribution in [2.75, 3.05) is 20.3 Å². The lowest BCUT2D eigenvalue weighted by Crippen LogP contribution is -2.55. The molecule has 0 aromatic carbocycles. The molecule has 3 nitrogen and oxygen atoms in total. The van der Waals surface area contributed by atoms with E-state index in [-0.39, 0.29) is 11.4 Å². The van der Waals surface area contributed by atoms with Crippen LogP contribution >= 0.6 is 0 Å². The zero-order valence-corrected chi connectivity index (χ0v) is 11.2. The number of nitrogens with zero attached hydrogens (tertiary/aromatic N) is 1. The molecule has 0 radical (unpaired) electrons. The van der Waals surface area contributed by atoms with E-state index in [9.17, 15) is 0 Å². The van der Waals surface area contributed by atoms with E-state index in [1.54, 1.807) is 0 Å². The van der Waals surface area contributed by atoms with Crippen molar-refractivity contribution >= 4 is 0 Å². The second kappa shape index (κ2) is 5.30. The van der Waals surface area contributed by atoms with Gasteiger partial charge < -0.3 is 9.47 Å². The van der Waals surface area contributed by atoms with E-state index in [1.807, 2.05) is 13.8 Å². The second-order valence-electron chi connectivity index (χ2n) is 4.16. The van der Waals surface area contributed by atoms with Gasteiger partial charge in [-0.3, -0.25) is 0 Å². The number of rotatable bonds is 6. The molecule has 0 amide bonds. The highest BCUT2D eigenvalue weighted by Gasteiger charge is 2.48. The molecule has 2 unspecified atom stereocenters. The molecule has 94 valence electrons. The van der Waals surface area contributed by atoms with Crippen LogP contribution in [0.2, 0.25) is 0 Å². The third kappa shape index (κ3) is 2.04. The topological polar surface area (TPSA) is 21.7 Å². The fraction of sp³-hybridized carbons (Fsp3) is 0.846. The summed E-state index contributed by atoms with van der Waals surface area (Å²) in [7, 11) is 2.08. The number of ether oxygens (including phenoxy) is 2. The fourth-order valence-electron chi connectivity index (χ4n) is 2.51. The van der Waals surface area contributed by atoms with Gasteiger partial charge in [-0.25, -0.2) is 4.90 Å². The van der Waals surface area contributed by atoms with Crippen molar-refractivity contribution in [3.05, 3.63) is 12.2 Å². The maximum absolute atomic E-state index is 5.91. The summed E-state index contributed by atoms with van der Waals surface area (Å²) in [6.45, 7) is 9.79. The standard InChI is InChI=1S/C13H25NO2/c1-6-12(15-8-3)10-11-13(7-2,14(12)5)16-9-4/h10-11H,6-9H2,1-5H3. The van der Waals surface area contributed by atoms with Crippen LogP contribution in [0.25, 0.3) is 0 Å². The minimum atomic E-state index is -0.292. The Hall–Kier alpha value is -0.380. The molecule has 0 aliphatic carbocycles. The summed E-state index contributed by atoms with van der Waals surface area (Å²) >= 11 is 0. The van der Waals surface area contributed by atoms with Crippen LogP contribution in [0, 0.1) is 0 Å². The highest BCUT2D eigenvalue weighted by molar-refractivity contribution is 5.18. The summed E-state index contributed by atoms with van der Waals surface area (Å²) in [5.41, 5.74) is -0.583. The van der Waals surface area contributed by atoms with Gasteiger partial charge in [-0.05, 0) is 45.9 Å². The highest BCUT2D eigenvalue weighted by atomic mass is 16.5. The van der Waals surface area contributed by atoms with Gasteiger partial charge in [-0.15, -0.1) is 0 Å². The predicted molar refractivity (Wildman–Crippen MR) is 66.2 cm³/mol. The third-order valence-electron chi connectivity index (χ3n) is 3.54. The Kier molecular flexibility index (Phi) is 4.53. The van der Waals surface area contributed by atoms with Crippen LogP contribution in [-0.2, 0) is 9.47 Å². The first-order chi connectivity index (χ1) is 7.60. The Morgan fingerprint density at radius 2 is 1.25 bits per heavy atom. The van der Waals surface area contributed by atoms with Gasteiger partial charge in [-0.1, -0.05) is 13.8 Å². The number of likely N-dealkylation sites (N-methyl/N-ethyl adjacent to an activating group) is 1. The Balaban J connectivity index is 2.93. The maximum Gasteiger partial charge on any atom is 0.142 e. The van der Waals surface area contributed by atoms with Crippen LogP contribution in [0.3, 0.4) is 0 Å². The summed E-state index contributed by atoms with van der Waals surface area (Å²) < 4.78 is 11.8. The zero-order chi connectivity index (χ0) is 12.2. The van der Waals surface area contributed by atoms with Gasteiger partial charge in [0.2, 0.25) is 0 Å². The van der Waals surface area contributed by atoms with E-state index in [0.29, 0.717) is 13.2 Å². The van der Waals surface area contributed by atoms with E-state index < -0.39 is 0 Å². The first-order valence-corrected chi connectivity index (χ1v) is 6.33. The lowest BCUT2D eigenvalue weighted by atomic mass is 10.1. The Morgan fingerprint density at radius 1 is 0.875 bits per heavy atom. The van der Waals surface area contributed by atoms with E-state index in [0.717, 1.165) is 12.8 Å². The molecule has 2 atom stereocenters.